The third-order valence-electron chi connectivity index (χ3n) is 4.57. The van der Waals surface area contributed by atoms with Crippen LogP contribution in [-0.2, 0) is 16.1 Å². The molecule has 1 amide bonds. The Bertz CT molecular complexity index is 660. The highest BCUT2D eigenvalue weighted by molar-refractivity contribution is 5.82. The van der Waals surface area contributed by atoms with E-state index in [-0.39, 0.29) is 11.3 Å². The van der Waals surface area contributed by atoms with Crippen molar-refractivity contribution in [2.75, 3.05) is 20.3 Å². The summed E-state index contributed by atoms with van der Waals surface area (Å²) >= 11 is 0. The summed E-state index contributed by atoms with van der Waals surface area (Å²) in [6, 6.07) is 12.0. The van der Waals surface area contributed by atoms with E-state index in [2.05, 4.69) is 10.2 Å². The van der Waals surface area contributed by atoms with Crippen LogP contribution in [0.25, 0.3) is 11.3 Å². The second-order valence-corrected chi connectivity index (χ2v) is 6.48. The Balaban J connectivity index is 1.67. The van der Waals surface area contributed by atoms with Gasteiger partial charge in [0.2, 0.25) is 5.91 Å². The number of aromatic amines is 1. The minimum atomic E-state index is -0.310. The summed E-state index contributed by atoms with van der Waals surface area (Å²) in [6.45, 7) is 3.91. The molecule has 1 saturated heterocycles. The van der Waals surface area contributed by atoms with Gasteiger partial charge in [-0.25, -0.2) is 0 Å². The molecule has 1 fully saturated rings. The number of nitrogens with zero attached hydrogens (tertiary/aromatic N) is 2. The third-order valence-corrected chi connectivity index (χ3v) is 4.57. The lowest BCUT2D eigenvalue weighted by Crippen LogP contribution is -2.43. The third kappa shape index (κ3) is 3.45. The van der Waals surface area contributed by atoms with Gasteiger partial charge in [0, 0.05) is 25.8 Å². The molecule has 0 radical (unpaired) electrons. The van der Waals surface area contributed by atoms with Gasteiger partial charge in [0.1, 0.15) is 0 Å². The number of H-pyrrole nitrogens is 1. The summed E-state index contributed by atoms with van der Waals surface area (Å²) in [7, 11) is 1.85. The topological polar surface area (TPSA) is 58.2 Å². The first-order valence-corrected chi connectivity index (χ1v) is 8.01. The van der Waals surface area contributed by atoms with E-state index >= 15 is 0 Å². The standard InChI is InChI=1S/C18H23N3O2/c1-18(8-10-23-11-9-18)17(22)21(2)13-15-12-16(20-19-15)14-6-4-3-5-7-14/h3-7,12H,8-11,13H2,1-2H3,(H,19,20). The van der Waals surface area contributed by atoms with Gasteiger partial charge in [0.25, 0.3) is 0 Å². The maximum absolute atomic E-state index is 12.7. The molecule has 0 spiro atoms. The maximum Gasteiger partial charge on any atom is 0.228 e. The van der Waals surface area contributed by atoms with Crippen molar-refractivity contribution in [1.29, 1.82) is 0 Å². The fourth-order valence-corrected chi connectivity index (χ4v) is 3.02. The molecule has 1 aliphatic rings. The van der Waals surface area contributed by atoms with E-state index in [1.54, 1.807) is 4.90 Å². The van der Waals surface area contributed by atoms with Crippen LogP contribution in [0.5, 0.6) is 0 Å². The first-order chi connectivity index (χ1) is 11.1. The van der Waals surface area contributed by atoms with Crippen LogP contribution in [0.4, 0.5) is 0 Å². The molecule has 2 aromatic rings. The van der Waals surface area contributed by atoms with Gasteiger partial charge < -0.3 is 9.64 Å². The largest absolute Gasteiger partial charge is 0.381 e. The van der Waals surface area contributed by atoms with Gasteiger partial charge in [-0.3, -0.25) is 9.89 Å². The minimum absolute atomic E-state index is 0.177. The summed E-state index contributed by atoms with van der Waals surface area (Å²) in [5, 5.41) is 7.38. The number of carbonyl (C=O) groups excluding carboxylic acids is 1. The normalized spacial score (nSPS) is 17.0. The van der Waals surface area contributed by atoms with Crippen molar-refractivity contribution >= 4 is 5.91 Å². The molecule has 0 unspecified atom stereocenters. The second-order valence-electron chi connectivity index (χ2n) is 6.48. The van der Waals surface area contributed by atoms with E-state index in [4.69, 9.17) is 4.74 Å². The lowest BCUT2D eigenvalue weighted by molar-refractivity contribution is -0.145. The van der Waals surface area contributed by atoms with Crippen LogP contribution in [0.3, 0.4) is 0 Å². The summed E-state index contributed by atoms with van der Waals surface area (Å²) in [5.41, 5.74) is 2.60. The van der Waals surface area contributed by atoms with Crippen LogP contribution in [0.15, 0.2) is 36.4 Å². The highest BCUT2D eigenvalue weighted by Gasteiger charge is 2.37. The van der Waals surface area contributed by atoms with Crippen LogP contribution in [0, 0.1) is 5.41 Å². The van der Waals surface area contributed by atoms with E-state index < -0.39 is 0 Å². The number of nitrogens with one attached hydrogen (secondary N) is 1. The molecule has 2 heterocycles. The van der Waals surface area contributed by atoms with Gasteiger partial charge in [-0.2, -0.15) is 5.10 Å². The molecule has 1 aliphatic heterocycles. The SMILES string of the molecule is CN(Cc1cc(-c2ccccc2)n[nH]1)C(=O)C1(C)CCOCC1. The average Bonchev–Trinajstić information content (AvgIpc) is 3.04. The summed E-state index contributed by atoms with van der Waals surface area (Å²) in [6.07, 6.45) is 1.57. The Kier molecular flexibility index (Phi) is 4.48. The number of rotatable bonds is 4. The Morgan fingerprint density at radius 1 is 1.30 bits per heavy atom. The molecule has 1 aromatic heterocycles. The number of ether oxygens (including phenoxy) is 1. The van der Waals surface area contributed by atoms with E-state index in [1.807, 2.05) is 50.4 Å². The van der Waals surface area contributed by atoms with E-state index in [9.17, 15) is 4.79 Å². The van der Waals surface area contributed by atoms with Crippen molar-refractivity contribution in [3.05, 3.63) is 42.1 Å². The molecule has 0 aliphatic carbocycles. The number of carbonyl (C=O) groups is 1. The van der Waals surface area contributed by atoms with Crippen LogP contribution >= 0.6 is 0 Å². The summed E-state index contributed by atoms with van der Waals surface area (Å²) < 4.78 is 5.38. The molecule has 5 nitrogen and oxygen atoms in total. The zero-order valence-corrected chi connectivity index (χ0v) is 13.7. The van der Waals surface area contributed by atoms with Gasteiger partial charge >= 0.3 is 0 Å². The Morgan fingerprint density at radius 2 is 2.00 bits per heavy atom. The first kappa shape index (κ1) is 15.7. The molecule has 0 bridgehead atoms. The highest BCUT2D eigenvalue weighted by atomic mass is 16.5. The molecule has 23 heavy (non-hydrogen) atoms. The zero-order chi connectivity index (χ0) is 16.3. The van der Waals surface area contributed by atoms with Gasteiger partial charge in [0.05, 0.1) is 23.3 Å². The molecular weight excluding hydrogens is 290 g/mol. The number of aromatic nitrogens is 2. The first-order valence-electron chi connectivity index (χ1n) is 8.01. The number of hydrogen-bond acceptors (Lipinski definition) is 3. The fourth-order valence-electron chi connectivity index (χ4n) is 3.02. The summed E-state index contributed by atoms with van der Waals surface area (Å²) in [4.78, 5) is 14.5. The lowest BCUT2D eigenvalue weighted by atomic mass is 9.81. The van der Waals surface area contributed by atoms with Crippen molar-refractivity contribution in [2.24, 2.45) is 5.41 Å². The molecule has 0 saturated carbocycles. The molecular formula is C18H23N3O2. The van der Waals surface area contributed by atoms with Crippen molar-refractivity contribution in [3.63, 3.8) is 0 Å². The number of benzene rings is 1. The van der Waals surface area contributed by atoms with Crippen LogP contribution in [0.1, 0.15) is 25.5 Å². The van der Waals surface area contributed by atoms with Gasteiger partial charge in [-0.1, -0.05) is 37.3 Å². The molecule has 5 heteroatoms. The maximum atomic E-state index is 12.7. The Labute approximate surface area is 136 Å². The molecule has 122 valence electrons. The molecule has 1 aromatic carbocycles. The summed E-state index contributed by atoms with van der Waals surface area (Å²) in [5.74, 6) is 0.177. The Morgan fingerprint density at radius 3 is 2.70 bits per heavy atom. The van der Waals surface area contributed by atoms with Crippen molar-refractivity contribution in [1.82, 2.24) is 15.1 Å². The zero-order valence-electron chi connectivity index (χ0n) is 13.7. The van der Waals surface area contributed by atoms with Crippen LogP contribution in [-0.4, -0.2) is 41.3 Å². The lowest BCUT2D eigenvalue weighted by Gasteiger charge is -2.35. The minimum Gasteiger partial charge on any atom is -0.381 e. The van der Waals surface area contributed by atoms with Crippen molar-refractivity contribution < 1.29 is 9.53 Å². The van der Waals surface area contributed by atoms with E-state index in [0.717, 1.165) is 29.8 Å². The number of hydrogen-bond donors (Lipinski definition) is 1. The predicted molar refractivity (Wildman–Crippen MR) is 88.7 cm³/mol. The predicted octanol–water partition coefficient (Wildman–Crippen LogP) is 2.85. The van der Waals surface area contributed by atoms with Gasteiger partial charge in [0.15, 0.2) is 0 Å². The van der Waals surface area contributed by atoms with Crippen LogP contribution < -0.4 is 0 Å². The highest BCUT2D eigenvalue weighted by Crippen LogP contribution is 2.32. The monoisotopic (exact) mass is 313 g/mol. The average molecular weight is 313 g/mol. The van der Waals surface area contributed by atoms with E-state index in [0.29, 0.717) is 19.8 Å². The molecule has 0 atom stereocenters. The van der Waals surface area contributed by atoms with Gasteiger partial charge in [-0.05, 0) is 18.9 Å². The fraction of sp³-hybridized carbons (Fsp3) is 0.444. The Hall–Kier alpha value is -2.14. The molecule has 3 rings (SSSR count). The second kappa shape index (κ2) is 6.54. The van der Waals surface area contributed by atoms with E-state index in [1.165, 1.54) is 0 Å². The molecule has 1 N–H and O–H groups in total. The smallest absolute Gasteiger partial charge is 0.228 e. The number of amides is 1. The van der Waals surface area contributed by atoms with Crippen LogP contribution in [0.2, 0.25) is 0 Å². The quantitative estimate of drug-likeness (QED) is 0.944. The van der Waals surface area contributed by atoms with Crippen molar-refractivity contribution in [2.45, 2.75) is 26.3 Å². The van der Waals surface area contributed by atoms with Gasteiger partial charge in [-0.15, -0.1) is 0 Å². The van der Waals surface area contributed by atoms with Crippen molar-refractivity contribution in [3.8, 4) is 11.3 Å².